The minimum Gasteiger partial charge on any atom is -0.507 e. The van der Waals surface area contributed by atoms with Crippen LogP contribution in [-0.2, 0) is 4.79 Å². The third-order valence-corrected chi connectivity index (χ3v) is 2.44. The maximum atomic E-state index is 12.7. The van der Waals surface area contributed by atoms with Crippen molar-refractivity contribution in [1.82, 2.24) is 0 Å². The molecule has 1 aromatic carbocycles. The molecule has 0 spiro atoms. The zero-order valence-electron chi connectivity index (χ0n) is 6.74. The van der Waals surface area contributed by atoms with Crippen molar-refractivity contribution in [3.8, 4) is 5.75 Å². The molecular weight excluding hydrogens is 259 g/mol. The van der Waals surface area contributed by atoms with Crippen LogP contribution in [0.5, 0.6) is 5.75 Å². The van der Waals surface area contributed by atoms with Crippen LogP contribution in [0.25, 0.3) is 0 Å². The van der Waals surface area contributed by atoms with Crippen LogP contribution >= 0.6 is 15.9 Å². The van der Waals surface area contributed by atoms with Crippen molar-refractivity contribution in [1.29, 1.82) is 0 Å². The largest absolute Gasteiger partial charge is 0.507 e. The summed E-state index contributed by atoms with van der Waals surface area (Å²) in [4.78, 5) is 10.4. The summed E-state index contributed by atoms with van der Waals surface area (Å²) in [5.74, 6) is -2.79. The standard InChI is InChI=1S/C8H6BrFO4/c9-6-4(7(12)8(13)14)1-3(10)2-5(6)11/h1-2,7,11-12H,(H,13,14). The number of aliphatic hydroxyl groups excluding tert-OH is 1. The molecule has 6 heteroatoms. The summed E-state index contributed by atoms with van der Waals surface area (Å²) in [6.07, 6.45) is -1.87. The Kier molecular flexibility index (Phi) is 3.07. The first-order valence-corrected chi connectivity index (χ1v) is 4.31. The lowest BCUT2D eigenvalue weighted by Crippen LogP contribution is -2.11. The highest BCUT2D eigenvalue weighted by atomic mass is 79.9. The molecule has 0 aromatic heterocycles. The van der Waals surface area contributed by atoms with Gasteiger partial charge in [-0.05, 0) is 22.0 Å². The molecule has 0 amide bonds. The van der Waals surface area contributed by atoms with Crippen LogP contribution in [0.15, 0.2) is 16.6 Å². The van der Waals surface area contributed by atoms with E-state index in [9.17, 15) is 9.18 Å². The van der Waals surface area contributed by atoms with Crippen LogP contribution < -0.4 is 0 Å². The fraction of sp³-hybridized carbons (Fsp3) is 0.125. The number of carboxylic acid groups (broad SMARTS) is 1. The summed E-state index contributed by atoms with van der Waals surface area (Å²) >= 11 is 2.84. The summed E-state index contributed by atoms with van der Waals surface area (Å²) in [5.41, 5.74) is -0.227. The lowest BCUT2D eigenvalue weighted by atomic mass is 10.1. The predicted molar refractivity (Wildman–Crippen MR) is 48.4 cm³/mol. The Bertz CT molecular complexity index is 380. The molecule has 1 atom stereocenters. The topological polar surface area (TPSA) is 77.8 Å². The van der Waals surface area contributed by atoms with Crippen molar-refractivity contribution in [2.24, 2.45) is 0 Å². The van der Waals surface area contributed by atoms with E-state index in [-0.39, 0.29) is 10.0 Å². The number of benzene rings is 1. The van der Waals surface area contributed by atoms with Crippen molar-refractivity contribution in [3.63, 3.8) is 0 Å². The van der Waals surface area contributed by atoms with E-state index < -0.39 is 23.6 Å². The van der Waals surface area contributed by atoms with Gasteiger partial charge in [0.1, 0.15) is 11.6 Å². The highest BCUT2D eigenvalue weighted by molar-refractivity contribution is 9.10. The van der Waals surface area contributed by atoms with Crippen LogP contribution in [0, 0.1) is 5.82 Å². The van der Waals surface area contributed by atoms with E-state index >= 15 is 0 Å². The minimum absolute atomic E-state index is 0.0335. The third kappa shape index (κ3) is 2.02. The van der Waals surface area contributed by atoms with Crippen LogP contribution in [0.4, 0.5) is 4.39 Å². The molecule has 0 radical (unpaired) electrons. The molecule has 0 saturated carbocycles. The Morgan fingerprint density at radius 1 is 1.50 bits per heavy atom. The quantitative estimate of drug-likeness (QED) is 0.755. The second-order valence-electron chi connectivity index (χ2n) is 2.57. The lowest BCUT2D eigenvalue weighted by Gasteiger charge is -2.09. The van der Waals surface area contributed by atoms with Gasteiger partial charge in [-0.3, -0.25) is 0 Å². The molecule has 3 N–H and O–H groups in total. The number of aliphatic carboxylic acids is 1. The molecule has 1 rings (SSSR count). The zero-order chi connectivity index (χ0) is 10.9. The smallest absolute Gasteiger partial charge is 0.337 e. The fourth-order valence-corrected chi connectivity index (χ4v) is 1.37. The van der Waals surface area contributed by atoms with Crippen molar-refractivity contribution in [2.45, 2.75) is 6.10 Å². The number of phenols is 1. The van der Waals surface area contributed by atoms with Gasteiger partial charge < -0.3 is 15.3 Å². The van der Waals surface area contributed by atoms with Gasteiger partial charge in [-0.1, -0.05) is 0 Å². The highest BCUT2D eigenvalue weighted by Gasteiger charge is 2.21. The van der Waals surface area contributed by atoms with Gasteiger partial charge in [0.15, 0.2) is 6.10 Å². The number of rotatable bonds is 2. The number of halogens is 2. The minimum atomic E-state index is -1.87. The van der Waals surface area contributed by atoms with Gasteiger partial charge in [0, 0.05) is 11.6 Å². The van der Waals surface area contributed by atoms with E-state index in [2.05, 4.69) is 15.9 Å². The maximum Gasteiger partial charge on any atom is 0.337 e. The first-order chi connectivity index (χ1) is 6.43. The number of aliphatic hydroxyl groups is 1. The Balaban J connectivity index is 3.26. The monoisotopic (exact) mass is 264 g/mol. The normalized spacial score (nSPS) is 12.5. The van der Waals surface area contributed by atoms with Gasteiger partial charge in [-0.25, -0.2) is 9.18 Å². The van der Waals surface area contributed by atoms with E-state index in [1.807, 2.05) is 0 Å². The van der Waals surface area contributed by atoms with E-state index in [1.54, 1.807) is 0 Å². The molecular formula is C8H6BrFO4. The molecule has 0 aliphatic carbocycles. The molecule has 0 fully saturated rings. The van der Waals surface area contributed by atoms with Crippen molar-refractivity contribution in [3.05, 3.63) is 28.0 Å². The second kappa shape index (κ2) is 3.93. The van der Waals surface area contributed by atoms with E-state index in [0.29, 0.717) is 0 Å². The van der Waals surface area contributed by atoms with Gasteiger partial charge in [-0.15, -0.1) is 0 Å². The molecule has 0 bridgehead atoms. The number of phenolic OH excluding ortho intramolecular Hbond substituents is 1. The van der Waals surface area contributed by atoms with Gasteiger partial charge in [0.05, 0.1) is 4.47 Å². The highest BCUT2D eigenvalue weighted by Crippen LogP contribution is 2.32. The molecule has 0 aliphatic rings. The molecule has 0 saturated heterocycles. The van der Waals surface area contributed by atoms with Gasteiger partial charge in [-0.2, -0.15) is 0 Å². The number of hydrogen-bond acceptors (Lipinski definition) is 3. The first kappa shape index (κ1) is 10.9. The van der Waals surface area contributed by atoms with Crippen molar-refractivity contribution in [2.75, 3.05) is 0 Å². The van der Waals surface area contributed by atoms with Gasteiger partial charge in [0.2, 0.25) is 0 Å². The first-order valence-electron chi connectivity index (χ1n) is 3.52. The maximum absolute atomic E-state index is 12.7. The summed E-state index contributed by atoms with van der Waals surface area (Å²) in [7, 11) is 0. The molecule has 0 aliphatic heterocycles. The van der Waals surface area contributed by atoms with Crippen LogP contribution in [0.2, 0.25) is 0 Å². The second-order valence-corrected chi connectivity index (χ2v) is 3.36. The summed E-state index contributed by atoms with van der Waals surface area (Å²) in [6, 6.07) is 1.64. The van der Waals surface area contributed by atoms with E-state index in [4.69, 9.17) is 15.3 Å². The SMILES string of the molecule is O=C(O)C(O)c1cc(F)cc(O)c1Br. The number of carboxylic acids is 1. The average Bonchev–Trinajstić information content (AvgIpc) is 2.09. The Morgan fingerprint density at radius 3 is 2.57 bits per heavy atom. The Morgan fingerprint density at radius 2 is 2.07 bits per heavy atom. The number of aromatic hydroxyl groups is 1. The van der Waals surface area contributed by atoms with Crippen molar-refractivity contribution >= 4 is 21.9 Å². The fourth-order valence-electron chi connectivity index (χ4n) is 0.927. The molecule has 1 unspecified atom stereocenters. The lowest BCUT2D eigenvalue weighted by molar-refractivity contribution is -0.147. The van der Waals surface area contributed by atoms with Crippen LogP contribution in [0.3, 0.4) is 0 Å². The number of carbonyl (C=O) groups is 1. The molecule has 0 heterocycles. The van der Waals surface area contributed by atoms with Crippen LogP contribution in [-0.4, -0.2) is 21.3 Å². The molecule has 4 nitrogen and oxygen atoms in total. The Hall–Kier alpha value is -1.14. The van der Waals surface area contributed by atoms with E-state index in [0.717, 1.165) is 12.1 Å². The summed E-state index contributed by atoms with van der Waals surface area (Å²) in [5, 5.41) is 26.7. The van der Waals surface area contributed by atoms with E-state index in [1.165, 1.54) is 0 Å². The predicted octanol–water partition coefficient (Wildman–Crippen LogP) is 1.41. The molecule has 1 aromatic rings. The van der Waals surface area contributed by atoms with Gasteiger partial charge >= 0.3 is 5.97 Å². The molecule has 14 heavy (non-hydrogen) atoms. The Labute approximate surface area is 86.7 Å². The number of hydrogen-bond donors (Lipinski definition) is 3. The zero-order valence-corrected chi connectivity index (χ0v) is 8.32. The van der Waals surface area contributed by atoms with Crippen LogP contribution in [0.1, 0.15) is 11.7 Å². The summed E-state index contributed by atoms with van der Waals surface area (Å²) < 4.78 is 12.7. The molecule has 76 valence electrons. The van der Waals surface area contributed by atoms with Crippen molar-refractivity contribution < 1.29 is 24.5 Å². The average molecular weight is 265 g/mol. The third-order valence-electron chi connectivity index (χ3n) is 1.57. The van der Waals surface area contributed by atoms with Gasteiger partial charge in [0.25, 0.3) is 0 Å². The summed E-state index contributed by atoms with van der Waals surface area (Å²) in [6.45, 7) is 0.